The molecule has 2 aliphatic heterocycles. The minimum Gasteiger partial charge on any atom is -0.494 e. The molecule has 0 unspecified atom stereocenters. The molecular formula is C21H27N3O5. The number of nitrogens with zero attached hydrogens (tertiary/aromatic N) is 2. The monoisotopic (exact) mass is 401 g/mol. The molecule has 3 amide bonds. The Balaban J connectivity index is 1.84. The van der Waals surface area contributed by atoms with Gasteiger partial charge in [0.25, 0.3) is 0 Å². The summed E-state index contributed by atoms with van der Waals surface area (Å²) in [5.41, 5.74) is 1.58. The molecule has 8 heteroatoms. The maximum atomic E-state index is 12.8. The Morgan fingerprint density at radius 1 is 1.28 bits per heavy atom. The van der Waals surface area contributed by atoms with E-state index in [0.29, 0.717) is 30.2 Å². The minimum absolute atomic E-state index is 0.0128. The van der Waals surface area contributed by atoms with Crippen LogP contribution in [0.5, 0.6) is 5.75 Å². The number of cyclic esters (lactones) is 1. The van der Waals surface area contributed by atoms with Crippen LogP contribution < -0.4 is 10.1 Å². The second-order valence-electron chi connectivity index (χ2n) is 7.08. The van der Waals surface area contributed by atoms with Crippen molar-refractivity contribution < 1.29 is 23.9 Å². The molecule has 1 atom stereocenters. The van der Waals surface area contributed by atoms with Crippen molar-refractivity contribution in [2.24, 2.45) is 0 Å². The van der Waals surface area contributed by atoms with E-state index in [2.05, 4.69) is 12.2 Å². The van der Waals surface area contributed by atoms with Crippen LogP contribution in [0.1, 0.15) is 38.3 Å². The van der Waals surface area contributed by atoms with Crippen LogP contribution in [0.2, 0.25) is 0 Å². The summed E-state index contributed by atoms with van der Waals surface area (Å²) in [4.78, 5) is 40.6. The molecule has 0 aromatic heterocycles. The fourth-order valence-electron chi connectivity index (χ4n) is 3.43. The number of ether oxygens (including phenoxy) is 2. The van der Waals surface area contributed by atoms with Crippen molar-refractivity contribution in [3.05, 3.63) is 41.1 Å². The lowest BCUT2D eigenvalue weighted by Gasteiger charge is -2.33. The van der Waals surface area contributed by atoms with Gasteiger partial charge >= 0.3 is 12.0 Å². The number of carbonyl (C=O) groups excluding carboxylic acids is 3. The van der Waals surface area contributed by atoms with E-state index in [1.807, 2.05) is 19.1 Å². The van der Waals surface area contributed by atoms with Crippen molar-refractivity contribution in [3.8, 4) is 5.75 Å². The second kappa shape index (κ2) is 8.98. The van der Waals surface area contributed by atoms with Crippen molar-refractivity contribution in [2.45, 2.75) is 32.7 Å². The molecule has 0 radical (unpaired) electrons. The summed E-state index contributed by atoms with van der Waals surface area (Å²) in [7, 11) is 1.72. The lowest BCUT2D eigenvalue weighted by atomic mass is 9.95. The van der Waals surface area contributed by atoms with Gasteiger partial charge in [-0.15, -0.1) is 0 Å². The number of esters is 1. The summed E-state index contributed by atoms with van der Waals surface area (Å²) < 4.78 is 10.6. The van der Waals surface area contributed by atoms with Gasteiger partial charge in [0.2, 0.25) is 5.91 Å². The molecule has 8 nitrogen and oxygen atoms in total. The van der Waals surface area contributed by atoms with E-state index in [4.69, 9.17) is 9.47 Å². The number of likely N-dealkylation sites (N-methyl/N-ethyl adjacent to an activating group) is 1. The number of amides is 3. The third-order valence-corrected chi connectivity index (χ3v) is 5.09. The maximum absolute atomic E-state index is 12.8. The van der Waals surface area contributed by atoms with Gasteiger partial charge in [0.05, 0.1) is 23.9 Å². The number of benzene rings is 1. The zero-order chi connectivity index (χ0) is 21.0. The van der Waals surface area contributed by atoms with Crippen molar-refractivity contribution in [2.75, 3.05) is 33.4 Å². The molecule has 0 saturated carbocycles. The van der Waals surface area contributed by atoms with Gasteiger partial charge in [-0.25, -0.2) is 9.59 Å². The third-order valence-electron chi connectivity index (χ3n) is 5.09. The summed E-state index contributed by atoms with van der Waals surface area (Å²) in [6.07, 6.45) is 1.87. The normalized spacial score (nSPS) is 18.3. The molecule has 1 N–H and O–H groups in total. The first kappa shape index (κ1) is 20.7. The number of urea groups is 1. The fourth-order valence-corrected chi connectivity index (χ4v) is 3.43. The van der Waals surface area contributed by atoms with E-state index in [1.54, 1.807) is 24.1 Å². The average Bonchev–Trinajstić information content (AvgIpc) is 3.10. The Morgan fingerprint density at radius 3 is 2.66 bits per heavy atom. The molecule has 0 saturated heterocycles. The molecule has 0 bridgehead atoms. The molecule has 3 rings (SSSR count). The number of hydrogen-bond donors (Lipinski definition) is 1. The van der Waals surface area contributed by atoms with Gasteiger partial charge in [0, 0.05) is 13.6 Å². The Labute approximate surface area is 170 Å². The van der Waals surface area contributed by atoms with Crippen LogP contribution in [0.4, 0.5) is 4.79 Å². The zero-order valence-corrected chi connectivity index (χ0v) is 17.1. The Kier molecular flexibility index (Phi) is 6.41. The quantitative estimate of drug-likeness (QED) is 0.675. The molecule has 0 fully saturated rings. The Morgan fingerprint density at radius 2 is 2.00 bits per heavy atom. The summed E-state index contributed by atoms with van der Waals surface area (Å²) in [5, 5.41) is 2.84. The van der Waals surface area contributed by atoms with Crippen LogP contribution >= 0.6 is 0 Å². The number of nitrogens with one attached hydrogen (secondary N) is 1. The van der Waals surface area contributed by atoms with E-state index >= 15 is 0 Å². The highest BCUT2D eigenvalue weighted by atomic mass is 16.5. The van der Waals surface area contributed by atoms with Crippen LogP contribution in [0.3, 0.4) is 0 Å². The molecule has 2 aliphatic rings. The molecule has 1 aromatic carbocycles. The highest BCUT2D eigenvalue weighted by Crippen LogP contribution is 2.35. The van der Waals surface area contributed by atoms with Crippen molar-refractivity contribution in [1.29, 1.82) is 0 Å². The predicted octanol–water partition coefficient (Wildman–Crippen LogP) is 2.22. The first-order chi connectivity index (χ1) is 14.0. The van der Waals surface area contributed by atoms with Crippen molar-refractivity contribution in [3.63, 3.8) is 0 Å². The van der Waals surface area contributed by atoms with Gasteiger partial charge in [-0.1, -0.05) is 25.5 Å². The van der Waals surface area contributed by atoms with Gasteiger partial charge in [-0.2, -0.15) is 0 Å². The SMILES string of the molecule is CCCCN(C)C(=O)CN1C(=O)N[C@@H](c2ccc(OCC)cc2)C2=C1COC2=O. The number of rotatable bonds is 8. The topological polar surface area (TPSA) is 88.2 Å². The fraction of sp³-hybridized carbons (Fsp3) is 0.476. The van der Waals surface area contributed by atoms with Gasteiger partial charge in [-0.05, 0) is 31.0 Å². The van der Waals surface area contributed by atoms with Crippen LogP contribution in [0, 0.1) is 0 Å². The van der Waals surface area contributed by atoms with E-state index in [9.17, 15) is 14.4 Å². The molecule has 2 heterocycles. The zero-order valence-electron chi connectivity index (χ0n) is 17.1. The maximum Gasteiger partial charge on any atom is 0.338 e. The molecule has 0 aliphatic carbocycles. The van der Waals surface area contributed by atoms with Gasteiger partial charge in [-0.3, -0.25) is 9.69 Å². The average molecular weight is 401 g/mol. The van der Waals surface area contributed by atoms with Crippen molar-refractivity contribution >= 4 is 17.9 Å². The summed E-state index contributed by atoms with van der Waals surface area (Å²) in [6, 6.07) is 6.18. The van der Waals surface area contributed by atoms with Crippen LogP contribution in [0.15, 0.2) is 35.5 Å². The van der Waals surface area contributed by atoms with Gasteiger partial charge in [0.15, 0.2) is 0 Å². The molecule has 0 spiro atoms. The van der Waals surface area contributed by atoms with E-state index in [0.717, 1.165) is 18.4 Å². The number of hydrogen-bond acceptors (Lipinski definition) is 5. The van der Waals surface area contributed by atoms with E-state index < -0.39 is 18.0 Å². The van der Waals surface area contributed by atoms with E-state index in [1.165, 1.54) is 4.90 Å². The standard InChI is InChI=1S/C21H27N3O5/c1-4-6-11-23(3)17(25)12-24-16-13-29-20(26)18(16)19(22-21(24)27)14-7-9-15(10-8-14)28-5-2/h7-10,19H,4-6,11-13H2,1-3H3,(H,22,27)/t19-/m0/s1. The predicted molar refractivity (Wildman–Crippen MR) is 106 cm³/mol. The van der Waals surface area contributed by atoms with Crippen LogP contribution in [-0.4, -0.2) is 61.1 Å². The summed E-state index contributed by atoms with van der Waals surface area (Å²) in [5.74, 6) is 0.0546. The Bertz CT molecular complexity index is 818. The first-order valence-electron chi connectivity index (χ1n) is 9.91. The minimum atomic E-state index is -0.618. The van der Waals surface area contributed by atoms with Gasteiger partial charge < -0.3 is 19.7 Å². The Hall–Kier alpha value is -3.03. The van der Waals surface area contributed by atoms with Crippen LogP contribution in [-0.2, 0) is 14.3 Å². The van der Waals surface area contributed by atoms with Gasteiger partial charge in [0.1, 0.15) is 18.9 Å². The van der Waals surface area contributed by atoms with Crippen LogP contribution in [0.25, 0.3) is 0 Å². The summed E-state index contributed by atoms with van der Waals surface area (Å²) in [6.45, 7) is 4.99. The molecule has 156 valence electrons. The molecule has 1 aromatic rings. The first-order valence-corrected chi connectivity index (χ1v) is 9.91. The number of unbranched alkanes of at least 4 members (excludes halogenated alkanes) is 1. The lowest BCUT2D eigenvalue weighted by molar-refractivity contribution is -0.136. The molecule has 29 heavy (non-hydrogen) atoms. The highest BCUT2D eigenvalue weighted by Gasteiger charge is 2.42. The largest absolute Gasteiger partial charge is 0.494 e. The smallest absolute Gasteiger partial charge is 0.338 e. The third kappa shape index (κ3) is 4.36. The summed E-state index contributed by atoms with van der Waals surface area (Å²) >= 11 is 0. The van der Waals surface area contributed by atoms with Crippen molar-refractivity contribution in [1.82, 2.24) is 15.1 Å². The molecular weight excluding hydrogens is 374 g/mol. The van der Waals surface area contributed by atoms with E-state index in [-0.39, 0.29) is 19.1 Å². The number of carbonyl (C=O) groups is 3. The lowest BCUT2D eigenvalue weighted by Crippen LogP contribution is -2.50. The highest BCUT2D eigenvalue weighted by molar-refractivity contribution is 5.98. The second-order valence-corrected chi connectivity index (χ2v) is 7.08.